The number of fused-ring (bicyclic) bond motifs is 1. The highest BCUT2D eigenvalue weighted by Gasteiger charge is 2.21. The molecule has 1 aliphatic heterocycles. The molecule has 0 bridgehead atoms. The second-order valence-corrected chi connectivity index (χ2v) is 4.98. The van der Waals surface area contributed by atoms with Crippen LogP contribution in [-0.2, 0) is 6.54 Å². The normalized spacial score (nSPS) is 14.0. The number of nitrogens with one attached hydrogen (secondary N) is 1. The van der Waals surface area contributed by atoms with Gasteiger partial charge in [0.15, 0.2) is 11.5 Å². The van der Waals surface area contributed by atoms with Crippen molar-refractivity contribution in [1.82, 2.24) is 10.6 Å². The van der Waals surface area contributed by atoms with E-state index in [1.165, 1.54) is 5.69 Å². The molecule has 7 heteroatoms. The lowest BCUT2D eigenvalue weighted by molar-refractivity contribution is 0.0944. The molecule has 0 aliphatic carbocycles. The molecule has 0 saturated carbocycles. The number of nitrogen functional groups attached to an aromatic ring is 1. The maximum Gasteiger partial charge on any atom is 0.287 e. The van der Waals surface area contributed by atoms with E-state index in [0.717, 1.165) is 18.8 Å². The number of aromatic nitrogens is 1. The minimum Gasteiger partial charge on any atom is -0.371 e. The van der Waals surface area contributed by atoms with E-state index in [0.29, 0.717) is 12.3 Å². The molecule has 0 radical (unpaired) electrons. The first-order valence-electron chi connectivity index (χ1n) is 6.70. The number of hydrogen-bond donors (Lipinski definition) is 2. The first-order valence-corrected chi connectivity index (χ1v) is 6.70. The number of rotatable bonds is 3. The maximum absolute atomic E-state index is 11.4. The Morgan fingerprint density at radius 2 is 2.14 bits per heavy atom. The number of benzene rings is 1. The molecule has 0 spiro atoms. The lowest BCUT2D eigenvalue weighted by Crippen LogP contribution is -2.38. The summed E-state index contributed by atoms with van der Waals surface area (Å²) in [5.74, 6) is 5.26. The third-order valence-electron chi connectivity index (χ3n) is 3.61. The largest absolute Gasteiger partial charge is 0.371 e. The van der Waals surface area contributed by atoms with E-state index < -0.39 is 5.91 Å². The van der Waals surface area contributed by atoms with Crippen molar-refractivity contribution in [2.45, 2.75) is 6.54 Å². The monoisotopic (exact) mass is 287 g/mol. The van der Waals surface area contributed by atoms with Crippen LogP contribution in [0.15, 0.2) is 34.9 Å². The van der Waals surface area contributed by atoms with Crippen LogP contribution in [0.25, 0.3) is 0 Å². The fraction of sp³-hybridized carbons (Fsp3) is 0.286. The van der Waals surface area contributed by atoms with E-state index in [1.807, 2.05) is 17.6 Å². The lowest BCUT2D eigenvalue weighted by Gasteiger charge is -2.36. The molecule has 0 atom stereocenters. The van der Waals surface area contributed by atoms with Crippen molar-refractivity contribution in [3.8, 4) is 0 Å². The molecule has 21 heavy (non-hydrogen) atoms. The number of carbonyl (C=O) groups excluding carboxylic acids is 1. The SMILES string of the molecule is CN1CCN(Cc2cc(C(=O)NN)no2)c2ccccc21. The molecule has 1 aromatic heterocycles. The molecular weight excluding hydrogens is 270 g/mol. The van der Waals surface area contributed by atoms with Gasteiger partial charge >= 0.3 is 0 Å². The number of hydrazine groups is 1. The highest BCUT2D eigenvalue weighted by molar-refractivity contribution is 5.91. The van der Waals surface area contributed by atoms with E-state index in [9.17, 15) is 4.79 Å². The molecule has 3 rings (SSSR count). The predicted molar refractivity (Wildman–Crippen MR) is 78.9 cm³/mol. The second kappa shape index (κ2) is 5.45. The molecule has 1 amide bonds. The van der Waals surface area contributed by atoms with Crippen molar-refractivity contribution >= 4 is 17.3 Å². The summed E-state index contributed by atoms with van der Waals surface area (Å²) in [5.41, 5.74) is 4.56. The Labute approximate surface area is 122 Å². The average Bonchev–Trinajstić information content (AvgIpc) is 2.98. The Morgan fingerprint density at radius 3 is 2.90 bits per heavy atom. The number of para-hydroxylation sites is 2. The number of likely N-dealkylation sites (N-methyl/N-ethyl adjacent to an activating group) is 1. The highest BCUT2D eigenvalue weighted by Crippen LogP contribution is 2.32. The molecular formula is C14H17N5O2. The summed E-state index contributed by atoms with van der Waals surface area (Å²) in [5, 5.41) is 3.72. The van der Waals surface area contributed by atoms with Gasteiger partial charge in [-0.25, -0.2) is 5.84 Å². The molecule has 0 fully saturated rings. The summed E-state index contributed by atoms with van der Waals surface area (Å²) in [6.45, 7) is 2.38. The van der Waals surface area contributed by atoms with Crippen LogP contribution in [0.2, 0.25) is 0 Å². The van der Waals surface area contributed by atoms with Crippen LogP contribution in [0, 0.1) is 0 Å². The van der Waals surface area contributed by atoms with Crippen molar-refractivity contribution in [3.63, 3.8) is 0 Å². The Hall–Kier alpha value is -2.54. The van der Waals surface area contributed by atoms with Crippen LogP contribution in [0.4, 0.5) is 11.4 Å². The van der Waals surface area contributed by atoms with Crippen LogP contribution >= 0.6 is 0 Å². The smallest absolute Gasteiger partial charge is 0.287 e. The van der Waals surface area contributed by atoms with Crippen molar-refractivity contribution in [1.29, 1.82) is 0 Å². The Kier molecular flexibility index (Phi) is 3.49. The summed E-state index contributed by atoms with van der Waals surface area (Å²) < 4.78 is 5.21. The lowest BCUT2D eigenvalue weighted by atomic mass is 10.1. The third-order valence-corrected chi connectivity index (χ3v) is 3.61. The van der Waals surface area contributed by atoms with Gasteiger partial charge in [0.05, 0.1) is 17.9 Å². The minimum atomic E-state index is -0.455. The summed E-state index contributed by atoms with van der Waals surface area (Å²) in [4.78, 5) is 15.8. The predicted octanol–water partition coefficient (Wildman–Crippen LogP) is 0.735. The molecule has 2 aromatic rings. The summed E-state index contributed by atoms with van der Waals surface area (Å²) in [7, 11) is 2.08. The number of amides is 1. The van der Waals surface area contributed by atoms with Crippen molar-refractivity contribution in [2.24, 2.45) is 5.84 Å². The van der Waals surface area contributed by atoms with Gasteiger partial charge in [0, 0.05) is 26.2 Å². The van der Waals surface area contributed by atoms with Crippen LogP contribution in [0.5, 0.6) is 0 Å². The second-order valence-electron chi connectivity index (χ2n) is 4.98. The Bertz CT molecular complexity index is 654. The zero-order valence-electron chi connectivity index (χ0n) is 11.7. The molecule has 0 saturated heterocycles. The van der Waals surface area contributed by atoms with Crippen molar-refractivity contribution in [2.75, 3.05) is 29.9 Å². The average molecular weight is 287 g/mol. The van der Waals surface area contributed by atoms with Crippen LogP contribution in [0.3, 0.4) is 0 Å². The van der Waals surface area contributed by atoms with Crippen LogP contribution in [-0.4, -0.2) is 31.2 Å². The molecule has 3 N–H and O–H groups in total. The number of nitrogens with zero attached hydrogens (tertiary/aromatic N) is 3. The van der Waals surface area contributed by atoms with Gasteiger partial charge in [0.1, 0.15) is 0 Å². The van der Waals surface area contributed by atoms with E-state index in [2.05, 4.69) is 34.1 Å². The van der Waals surface area contributed by atoms with E-state index in [4.69, 9.17) is 10.4 Å². The van der Waals surface area contributed by atoms with Gasteiger partial charge in [-0.3, -0.25) is 10.2 Å². The quantitative estimate of drug-likeness (QED) is 0.492. The fourth-order valence-corrected chi connectivity index (χ4v) is 2.49. The van der Waals surface area contributed by atoms with E-state index in [-0.39, 0.29) is 5.69 Å². The van der Waals surface area contributed by atoms with Crippen LogP contribution < -0.4 is 21.1 Å². The van der Waals surface area contributed by atoms with Gasteiger partial charge in [-0.05, 0) is 12.1 Å². The number of hydrogen-bond acceptors (Lipinski definition) is 6. The molecule has 110 valence electrons. The molecule has 2 heterocycles. The van der Waals surface area contributed by atoms with Crippen LogP contribution in [0.1, 0.15) is 16.2 Å². The maximum atomic E-state index is 11.4. The summed E-state index contributed by atoms with van der Waals surface area (Å²) >= 11 is 0. The molecule has 0 unspecified atom stereocenters. The Balaban J connectivity index is 1.81. The number of nitrogens with two attached hydrogens (primary N) is 1. The molecule has 1 aliphatic rings. The zero-order chi connectivity index (χ0) is 14.8. The van der Waals surface area contributed by atoms with Gasteiger partial charge in [0.2, 0.25) is 0 Å². The van der Waals surface area contributed by atoms with E-state index in [1.54, 1.807) is 6.07 Å². The van der Waals surface area contributed by atoms with E-state index >= 15 is 0 Å². The van der Waals surface area contributed by atoms with Gasteiger partial charge in [-0.2, -0.15) is 0 Å². The minimum absolute atomic E-state index is 0.190. The molecule has 1 aromatic carbocycles. The highest BCUT2D eigenvalue weighted by atomic mass is 16.5. The topological polar surface area (TPSA) is 87.6 Å². The summed E-state index contributed by atoms with van der Waals surface area (Å²) in [6.07, 6.45) is 0. The zero-order valence-corrected chi connectivity index (χ0v) is 11.7. The van der Waals surface area contributed by atoms with Gasteiger partial charge in [-0.1, -0.05) is 17.3 Å². The fourth-order valence-electron chi connectivity index (χ4n) is 2.49. The van der Waals surface area contributed by atoms with Gasteiger partial charge in [0.25, 0.3) is 5.91 Å². The first kappa shape index (κ1) is 13.4. The van der Waals surface area contributed by atoms with Gasteiger partial charge in [-0.15, -0.1) is 0 Å². The van der Waals surface area contributed by atoms with Crippen molar-refractivity contribution in [3.05, 3.63) is 41.8 Å². The third kappa shape index (κ3) is 2.55. The summed E-state index contributed by atoms with van der Waals surface area (Å²) in [6, 6.07) is 9.82. The number of carbonyl (C=O) groups is 1. The first-order chi connectivity index (χ1) is 10.2. The Morgan fingerprint density at radius 1 is 1.38 bits per heavy atom. The van der Waals surface area contributed by atoms with Gasteiger partial charge < -0.3 is 14.3 Å². The standard InChI is InChI=1S/C14H17N5O2/c1-18-6-7-19(13-5-3-2-4-12(13)18)9-10-8-11(17-21-10)14(20)16-15/h2-5,8H,6-7,9,15H2,1H3,(H,16,20). The van der Waals surface area contributed by atoms with Crippen molar-refractivity contribution < 1.29 is 9.32 Å². The number of anilines is 2. The molecule has 7 nitrogen and oxygen atoms in total.